The second-order valence-corrected chi connectivity index (χ2v) is 3.99. The SMILES string of the molecule is C#CC[C@@H](O)/C=C/C=C/C#C[C@@H](O)CCCC(=O)OC. The summed E-state index contributed by atoms with van der Waals surface area (Å²) in [7, 11) is 1.33. The highest BCUT2D eigenvalue weighted by molar-refractivity contribution is 5.68. The van der Waals surface area contributed by atoms with Crippen LogP contribution in [-0.2, 0) is 9.53 Å². The van der Waals surface area contributed by atoms with Gasteiger partial charge in [0.05, 0.1) is 13.2 Å². The van der Waals surface area contributed by atoms with E-state index in [1.54, 1.807) is 24.3 Å². The second-order valence-electron chi connectivity index (χ2n) is 3.99. The first-order chi connectivity index (χ1) is 9.60. The van der Waals surface area contributed by atoms with Crippen molar-refractivity contribution in [1.82, 2.24) is 0 Å². The van der Waals surface area contributed by atoms with E-state index in [0.29, 0.717) is 12.8 Å². The van der Waals surface area contributed by atoms with Crippen LogP contribution in [0.15, 0.2) is 24.3 Å². The largest absolute Gasteiger partial charge is 0.469 e. The number of terminal acetylenes is 1. The highest BCUT2D eigenvalue weighted by Gasteiger charge is 2.03. The minimum absolute atomic E-state index is 0.273. The van der Waals surface area contributed by atoms with Crippen molar-refractivity contribution in [1.29, 1.82) is 0 Å². The van der Waals surface area contributed by atoms with Gasteiger partial charge in [0.2, 0.25) is 0 Å². The topological polar surface area (TPSA) is 66.8 Å². The van der Waals surface area contributed by atoms with Crippen molar-refractivity contribution < 1.29 is 19.7 Å². The maximum absolute atomic E-state index is 10.8. The number of aliphatic hydroxyl groups excluding tert-OH is 2. The third kappa shape index (κ3) is 11.1. The summed E-state index contributed by atoms with van der Waals surface area (Å²) in [6.45, 7) is 0. The van der Waals surface area contributed by atoms with Gasteiger partial charge in [0.25, 0.3) is 0 Å². The van der Waals surface area contributed by atoms with E-state index in [-0.39, 0.29) is 18.8 Å². The molecular weight excluding hydrogens is 256 g/mol. The fourth-order valence-corrected chi connectivity index (χ4v) is 1.24. The van der Waals surface area contributed by atoms with Crippen LogP contribution in [0.5, 0.6) is 0 Å². The number of ether oxygens (including phenoxy) is 1. The third-order valence-corrected chi connectivity index (χ3v) is 2.29. The van der Waals surface area contributed by atoms with Crippen molar-refractivity contribution in [2.45, 2.75) is 37.9 Å². The second kappa shape index (κ2) is 12.0. The Bertz CT molecular complexity index is 432. The van der Waals surface area contributed by atoms with Gasteiger partial charge in [0.15, 0.2) is 0 Å². The molecule has 0 aromatic heterocycles. The van der Waals surface area contributed by atoms with Crippen LogP contribution in [0.2, 0.25) is 0 Å². The van der Waals surface area contributed by atoms with Crippen molar-refractivity contribution in [2.24, 2.45) is 0 Å². The van der Waals surface area contributed by atoms with Gasteiger partial charge in [-0.2, -0.15) is 0 Å². The zero-order valence-corrected chi connectivity index (χ0v) is 11.6. The van der Waals surface area contributed by atoms with E-state index in [4.69, 9.17) is 6.42 Å². The zero-order chi connectivity index (χ0) is 15.2. The monoisotopic (exact) mass is 276 g/mol. The molecule has 2 N–H and O–H groups in total. The van der Waals surface area contributed by atoms with Crippen LogP contribution in [-0.4, -0.2) is 35.5 Å². The smallest absolute Gasteiger partial charge is 0.305 e. The Balaban J connectivity index is 3.90. The minimum Gasteiger partial charge on any atom is -0.469 e. The van der Waals surface area contributed by atoms with E-state index < -0.39 is 12.2 Å². The molecule has 4 heteroatoms. The Hall–Kier alpha value is -2.01. The van der Waals surface area contributed by atoms with Gasteiger partial charge in [0.1, 0.15) is 6.10 Å². The van der Waals surface area contributed by atoms with Gasteiger partial charge in [-0.15, -0.1) is 12.3 Å². The lowest BCUT2D eigenvalue weighted by Crippen LogP contribution is -2.05. The Labute approximate surface area is 120 Å². The molecule has 108 valence electrons. The van der Waals surface area contributed by atoms with Crippen molar-refractivity contribution >= 4 is 5.97 Å². The average Bonchev–Trinajstić information content (AvgIpc) is 2.42. The van der Waals surface area contributed by atoms with Crippen LogP contribution in [0.3, 0.4) is 0 Å². The highest BCUT2D eigenvalue weighted by atomic mass is 16.5. The van der Waals surface area contributed by atoms with Gasteiger partial charge in [-0.3, -0.25) is 4.79 Å². The average molecular weight is 276 g/mol. The number of carbonyl (C=O) groups is 1. The minimum atomic E-state index is -0.764. The van der Waals surface area contributed by atoms with Crippen molar-refractivity contribution in [3.05, 3.63) is 24.3 Å². The molecule has 2 atom stereocenters. The molecule has 0 aliphatic rings. The summed E-state index contributed by atoms with van der Waals surface area (Å²) >= 11 is 0. The van der Waals surface area contributed by atoms with Crippen molar-refractivity contribution in [2.75, 3.05) is 7.11 Å². The lowest BCUT2D eigenvalue weighted by Gasteiger charge is -2.01. The van der Waals surface area contributed by atoms with Gasteiger partial charge < -0.3 is 14.9 Å². The molecule has 0 aromatic carbocycles. The molecule has 0 aromatic rings. The Morgan fingerprint density at radius 1 is 1.40 bits per heavy atom. The zero-order valence-electron chi connectivity index (χ0n) is 11.6. The summed E-state index contributed by atoms with van der Waals surface area (Å²) in [6.07, 6.45) is 11.5. The molecule has 0 heterocycles. The first kappa shape index (κ1) is 18.0. The number of aliphatic hydroxyl groups is 2. The van der Waals surface area contributed by atoms with E-state index in [1.165, 1.54) is 7.11 Å². The summed E-state index contributed by atoms with van der Waals surface area (Å²) in [5, 5.41) is 18.8. The summed E-state index contributed by atoms with van der Waals surface area (Å²) in [5.74, 6) is 7.35. The van der Waals surface area contributed by atoms with Crippen LogP contribution in [0.25, 0.3) is 0 Å². The number of hydrogen-bond acceptors (Lipinski definition) is 4. The summed E-state index contributed by atoms with van der Waals surface area (Å²) in [6, 6.07) is 0. The molecule has 0 unspecified atom stereocenters. The predicted molar refractivity (Wildman–Crippen MR) is 77.4 cm³/mol. The summed E-state index contributed by atoms with van der Waals surface area (Å²) < 4.78 is 4.49. The first-order valence-electron chi connectivity index (χ1n) is 6.31. The lowest BCUT2D eigenvalue weighted by atomic mass is 10.1. The van der Waals surface area contributed by atoms with Crippen LogP contribution in [0.1, 0.15) is 25.7 Å². The van der Waals surface area contributed by atoms with E-state index >= 15 is 0 Å². The Morgan fingerprint density at radius 3 is 2.80 bits per heavy atom. The van der Waals surface area contributed by atoms with Gasteiger partial charge in [-0.1, -0.05) is 30.1 Å². The molecule has 0 amide bonds. The molecule has 0 aliphatic carbocycles. The van der Waals surface area contributed by atoms with E-state index in [2.05, 4.69) is 22.5 Å². The van der Waals surface area contributed by atoms with E-state index in [9.17, 15) is 15.0 Å². The molecule has 4 nitrogen and oxygen atoms in total. The molecule has 0 saturated heterocycles. The molecule has 0 radical (unpaired) electrons. The lowest BCUT2D eigenvalue weighted by molar-refractivity contribution is -0.140. The number of allylic oxidation sites excluding steroid dienone is 3. The van der Waals surface area contributed by atoms with Crippen molar-refractivity contribution in [3.8, 4) is 24.2 Å². The van der Waals surface area contributed by atoms with Gasteiger partial charge in [-0.05, 0) is 18.9 Å². The highest BCUT2D eigenvalue weighted by Crippen LogP contribution is 2.01. The van der Waals surface area contributed by atoms with Crippen LogP contribution in [0.4, 0.5) is 0 Å². The standard InChI is InChI=1S/C16H20O4/c1-3-9-14(17)10-6-4-5-7-11-15(18)12-8-13-16(19)20-2/h1,4-6,10,14-15,17-18H,8-9,12-13H2,2H3/b5-4+,10-6+/t14-,15-/m1/s1. The van der Waals surface area contributed by atoms with Crippen LogP contribution >= 0.6 is 0 Å². The number of hydrogen-bond donors (Lipinski definition) is 2. The van der Waals surface area contributed by atoms with Crippen LogP contribution < -0.4 is 0 Å². The quantitative estimate of drug-likeness (QED) is 0.416. The third-order valence-electron chi connectivity index (χ3n) is 2.29. The van der Waals surface area contributed by atoms with Gasteiger partial charge in [-0.25, -0.2) is 0 Å². The first-order valence-corrected chi connectivity index (χ1v) is 6.31. The molecular formula is C16H20O4. The summed E-state index contributed by atoms with van der Waals surface area (Å²) in [4.78, 5) is 10.8. The number of esters is 1. The molecule has 0 fully saturated rings. The fourth-order valence-electron chi connectivity index (χ4n) is 1.24. The van der Waals surface area contributed by atoms with Crippen LogP contribution in [0, 0.1) is 24.2 Å². The Morgan fingerprint density at radius 2 is 2.15 bits per heavy atom. The molecule has 0 aliphatic heterocycles. The van der Waals surface area contributed by atoms with Gasteiger partial charge >= 0.3 is 5.97 Å². The predicted octanol–water partition coefficient (Wildman–Crippen LogP) is 1.19. The molecule has 0 saturated carbocycles. The number of rotatable bonds is 7. The number of methoxy groups -OCH3 is 1. The van der Waals surface area contributed by atoms with E-state index in [0.717, 1.165) is 0 Å². The normalized spacial score (nSPS) is 13.5. The fraction of sp³-hybridized carbons (Fsp3) is 0.438. The maximum atomic E-state index is 10.8. The Kier molecular flexibility index (Phi) is 10.8. The molecule has 0 spiro atoms. The van der Waals surface area contributed by atoms with Crippen molar-refractivity contribution in [3.63, 3.8) is 0 Å². The van der Waals surface area contributed by atoms with E-state index in [1.807, 2.05) is 0 Å². The summed E-state index contributed by atoms with van der Waals surface area (Å²) in [5.41, 5.74) is 0. The molecule has 0 rings (SSSR count). The number of carbonyl (C=O) groups excluding carboxylic acids is 1. The maximum Gasteiger partial charge on any atom is 0.305 e. The molecule has 20 heavy (non-hydrogen) atoms. The molecule has 0 bridgehead atoms. The van der Waals surface area contributed by atoms with Gasteiger partial charge in [0, 0.05) is 12.8 Å².